The van der Waals surface area contributed by atoms with Crippen LogP contribution in [-0.4, -0.2) is 26.4 Å². The highest BCUT2D eigenvalue weighted by Crippen LogP contribution is 2.54. The van der Waals surface area contributed by atoms with E-state index in [0.717, 1.165) is 26.7 Å². The number of halogens is 1. The van der Waals surface area contributed by atoms with Gasteiger partial charge >= 0.3 is 15.2 Å². The molecule has 0 saturated carbocycles. The summed E-state index contributed by atoms with van der Waals surface area (Å²) in [5, 5.41) is 0. The third-order valence-electron chi connectivity index (χ3n) is 4.00. The average Bonchev–Trinajstić information content (AvgIpc) is 2.58. The molecule has 0 atom stereocenters. The van der Waals surface area contributed by atoms with E-state index in [9.17, 15) is 9.13 Å². The summed E-state index contributed by atoms with van der Waals surface area (Å²) in [6.07, 6.45) is 0.305. The van der Waals surface area contributed by atoms with Gasteiger partial charge < -0.3 is 18.1 Å². The van der Waals surface area contributed by atoms with Gasteiger partial charge in [-0.15, -0.1) is 0 Å². The summed E-state index contributed by atoms with van der Waals surface area (Å²) in [5.74, 6) is 0. The first kappa shape index (κ1) is 25.0. The van der Waals surface area contributed by atoms with Crippen LogP contribution < -0.4 is 0 Å². The molecule has 0 N–H and O–H groups in total. The molecule has 0 aliphatic rings. The molecule has 0 bridgehead atoms. The standard InChI is InChI=1S/C18H31BrO6P2/c1-7-22-26(20,23-8-2)12-16-11-17(15(6)18(19)14(16)5)13-27(21,24-9-3)25-10-4/h11H,7-10,12-13H2,1-6H3. The zero-order valence-corrected chi connectivity index (χ0v) is 20.4. The van der Waals surface area contributed by atoms with Crippen LogP contribution in [-0.2, 0) is 39.5 Å². The monoisotopic (exact) mass is 484 g/mol. The molecule has 0 heterocycles. The average molecular weight is 485 g/mol. The van der Waals surface area contributed by atoms with Gasteiger partial charge in [0, 0.05) is 4.47 Å². The Balaban J connectivity index is 3.33. The van der Waals surface area contributed by atoms with Crippen molar-refractivity contribution in [3.63, 3.8) is 0 Å². The normalized spacial score (nSPS) is 12.6. The highest BCUT2D eigenvalue weighted by atomic mass is 79.9. The van der Waals surface area contributed by atoms with Crippen molar-refractivity contribution in [1.82, 2.24) is 0 Å². The van der Waals surface area contributed by atoms with Crippen molar-refractivity contribution in [3.8, 4) is 0 Å². The largest absolute Gasteiger partial charge is 0.335 e. The van der Waals surface area contributed by atoms with E-state index in [1.807, 2.05) is 19.9 Å². The molecule has 1 aromatic carbocycles. The lowest BCUT2D eigenvalue weighted by Crippen LogP contribution is -2.05. The van der Waals surface area contributed by atoms with Crippen molar-refractivity contribution < 1.29 is 27.2 Å². The molecule has 0 amide bonds. The third kappa shape index (κ3) is 7.08. The molecular weight excluding hydrogens is 454 g/mol. The second-order valence-electron chi connectivity index (χ2n) is 5.97. The van der Waals surface area contributed by atoms with Crippen LogP contribution in [0.2, 0.25) is 0 Å². The first-order valence-electron chi connectivity index (χ1n) is 9.18. The quantitative estimate of drug-likeness (QED) is 0.311. The Morgan fingerprint density at radius 1 is 0.741 bits per heavy atom. The Kier molecular flexibility index (Phi) is 10.4. The summed E-state index contributed by atoms with van der Waals surface area (Å²) in [6.45, 7) is 12.3. The molecule has 0 spiro atoms. The van der Waals surface area contributed by atoms with Crippen LogP contribution in [0.25, 0.3) is 0 Å². The predicted octanol–water partition coefficient (Wildman–Crippen LogP) is 6.60. The summed E-state index contributed by atoms with van der Waals surface area (Å²) in [6, 6.07) is 1.91. The zero-order chi connectivity index (χ0) is 20.7. The van der Waals surface area contributed by atoms with E-state index in [1.54, 1.807) is 27.7 Å². The predicted molar refractivity (Wildman–Crippen MR) is 113 cm³/mol. The van der Waals surface area contributed by atoms with Gasteiger partial charge in [0.1, 0.15) is 0 Å². The van der Waals surface area contributed by atoms with Crippen LogP contribution in [0.5, 0.6) is 0 Å². The van der Waals surface area contributed by atoms with Crippen molar-refractivity contribution in [2.45, 2.75) is 53.9 Å². The fourth-order valence-corrected chi connectivity index (χ4v) is 6.87. The molecule has 1 aromatic rings. The minimum Gasteiger partial charge on any atom is -0.309 e. The number of hydrogen-bond donors (Lipinski definition) is 0. The molecule has 0 radical (unpaired) electrons. The highest BCUT2D eigenvalue weighted by Gasteiger charge is 2.29. The fraction of sp³-hybridized carbons (Fsp3) is 0.667. The SMILES string of the molecule is CCOP(=O)(Cc1cc(CP(=O)(OCC)OCC)c(C)c(Br)c1C)OCC. The molecule has 0 aliphatic carbocycles. The van der Waals surface area contributed by atoms with Gasteiger partial charge in [0.2, 0.25) is 0 Å². The molecular formula is C18H31BrO6P2. The first-order chi connectivity index (χ1) is 12.6. The first-order valence-corrected chi connectivity index (χ1v) is 13.4. The second-order valence-corrected chi connectivity index (χ2v) is 10.9. The van der Waals surface area contributed by atoms with Crippen LogP contribution in [0, 0.1) is 13.8 Å². The van der Waals surface area contributed by atoms with Crippen LogP contribution in [0.15, 0.2) is 10.5 Å². The van der Waals surface area contributed by atoms with Gasteiger partial charge in [-0.1, -0.05) is 22.0 Å². The summed E-state index contributed by atoms with van der Waals surface area (Å²) < 4.78 is 48.5. The molecule has 0 fully saturated rings. The van der Waals surface area contributed by atoms with Gasteiger partial charge in [0.05, 0.1) is 38.8 Å². The van der Waals surface area contributed by atoms with E-state index in [2.05, 4.69) is 15.9 Å². The van der Waals surface area contributed by atoms with E-state index < -0.39 is 15.2 Å². The Morgan fingerprint density at radius 3 is 1.30 bits per heavy atom. The van der Waals surface area contributed by atoms with Gasteiger partial charge in [-0.05, 0) is 63.8 Å². The maximum absolute atomic E-state index is 13.0. The maximum Gasteiger partial charge on any atom is 0.335 e. The number of rotatable bonds is 12. The lowest BCUT2D eigenvalue weighted by Gasteiger charge is -2.22. The van der Waals surface area contributed by atoms with E-state index in [-0.39, 0.29) is 12.3 Å². The molecule has 0 saturated heterocycles. The van der Waals surface area contributed by atoms with Crippen molar-refractivity contribution in [3.05, 3.63) is 32.8 Å². The van der Waals surface area contributed by atoms with Crippen molar-refractivity contribution in [1.29, 1.82) is 0 Å². The molecule has 9 heteroatoms. The molecule has 156 valence electrons. The Labute approximate surface area is 171 Å². The molecule has 0 aromatic heterocycles. The van der Waals surface area contributed by atoms with Gasteiger partial charge in [-0.3, -0.25) is 9.13 Å². The van der Waals surface area contributed by atoms with Gasteiger partial charge in [-0.2, -0.15) is 0 Å². The minimum absolute atomic E-state index is 0.153. The van der Waals surface area contributed by atoms with Crippen LogP contribution in [0.1, 0.15) is 49.9 Å². The third-order valence-corrected chi connectivity index (χ3v) is 9.25. The Hall–Kier alpha value is -0.0000000000000000763. The van der Waals surface area contributed by atoms with E-state index >= 15 is 0 Å². The van der Waals surface area contributed by atoms with Gasteiger partial charge in [0.15, 0.2) is 0 Å². The molecule has 0 unspecified atom stereocenters. The summed E-state index contributed by atoms with van der Waals surface area (Å²) in [5.41, 5.74) is 3.57. The maximum atomic E-state index is 13.0. The fourth-order valence-electron chi connectivity index (χ4n) is 2.78. The van der Waals surface area contributed by atoms with Crippen molar-refractivity contribution >= 4 is 31.1 Å². The Bertz CT molecular complexity index is 646. The summed E-state index contributed by atoms with van der Waals surface area (Å²) in [7, 11) is -6.50. The van der Waals surface area contributed by atoms with Gasteiger partial charge in [-0.25, -0.2) is 0 Å². The minimum atomic E-state index is -3.25. The van der Waals surface area contributed by atoms with Crippen molar-refractivity contribution in [2.24, 2.45) is 0 Å². The lowest BCUT2D eigenvalue weighted by atomic mass is 10.0. The molecule has 0 aliphatic heterocycles. The van der Waals surface area contributed by atoms with E-state index in [4.69, 9.17) is 18.1 Å². The Morgan fingerprint density at radius 2 is 1.04 bits per heavy atom. The number of hydrogen-bond acceptors (Lipinski definition) is 6. The van der Waals surface area contributed by atoms with E-state index in [0.29, 0.717) is 26.4 Å². The molecule has 6 nitrogen and oxygen atoms in total. The second kappa shape index (κ2) is 11.3. The zero-order valence-electron chi connectivity index (χ0n) is 17.0. The smallest absolute Gasteiger partial charge is 0.309 e. The van der Waals surface area contributed by atoms with E-state index in [1.165, 1.54) is 0 Å². The topological polar surface area (TPSA) is 71.1 Å². The number of benzene rings is 1. The van der Waals surface area contributed by atoms with Crippen LogP contribution in [0.3, 0.4) is 0 Å². The molecule has 27 heavy (non-hydrogen) atoms. The molecule has 1 rings (SSSR count). The van der Waals surface area contributed by atoms with Crippen molar-refractivity contribution in [2.75, 3.05) is 26.4 Å². The summed E-state index contributed by atoms with van der Waals surface area (Å²) >= 11 is 3.61. The highest BCUT2D eigenvalue weighted by molar-refractivity contribution is 9.10. The van der Waals surface area contributed by atoms with Crippen LogP contribution in [0.4, 0.5) is 0 Å². The summed E-state index contributed by atoms with van der Waals surface area (Å²) in [4.78, 5) is 0. The lowest BCUT2D eigenvalue weighted by molar-refractivity contribution is 0.218. The van der Waals surface area contributed by atoms with Crippen LogP contribution >= 0.6 is 31.1 Å². The van der Waals surface area contributed by atoms with Gasteiger partial charge in [0.25, 0.3) is 0 Å².